The van der Waals surface area contributed by atoms with Crippen LogP contribution in [0, 0.1) is 0 Å². The second-order valence-corrected chi connectivity index (χ2v) is 8.17. The van der Waals surface area contributed by atoms with Gasteiger partial charge in [0.25, 0.3) is 10.0 Å². The maximum atomic E-state index is 12.5. The van der Waals surface area contributed by atoms with E-state index >= 15 is 0 Å². The van der Waals surface area contributed by atoms with Crippen LogP contribution in [0.3, 0.4) is 0 Å². The second kappa shape index (κ2) is 7.49. The number of aromatic nitrogens is 4. The molecule has 1 fully saturated rings. The van der Waals surface area contributed by atoms with Gasteiger partial charge in [-0.2, -0.15) is 0 Å². The Hall–Kier alpha value is -2.00. The van der Waals surface area contributed by atoms with E-state index in [0.717, 1.165) is 25.7 Å². The highest BCUT2D eigenvalue weighted by atomic mass is 32.2. The highest BCUT2D eigenvalue weighted by molar-refractivity contribution is 7.89. The zero-order valence-corrected chi connectivity index (χ0v) is 15.2. The number of sulfonamides is 1. The molecule has 1 aliphatic carbocycles. The van der Waals surface area contributed by atoms with E-state index in [1.807, 2.05) is 13.8 Å². The first-order valence-electron chi connectivity index (χ1n) is 8.42. The van der Waals surface area contributed by atoms with Crippen LogP contribution in [-0.2, 0) is 10.0 Å². The minimum atomic E-state index is -3.59. The monoisotopic (exact) mass is 365 g/mol. The van der Waals surface area contributed by atoms with Gasteiger partial charge in [0.2, 0.25) is 5.88 Å². The number of ether oxygens (including phenoxy) is 1. The molecule has 2 aromatic heterocycles. The van der Waals surface area contributed by atoms with Crippen molar-refractivity contribution in [1.82, 2.24) is 24.2 Å². The molecule has 0 unspecified atom stereocenters. The molecule has 2 aromatic rings. The average Bonchev–Trinajstić information content (AvgIpc) is 3.09. The first-order chi connectivity index (χ1) is 11.9. The Kier molecular flexibility index (Phi) is 5.33. The fourth-order valence-electron chi connectivity index (χ4n) is 2.83. The van der Waals surface area contributed by atoms with E-state index in [0.29, 0.717) is 5.88 Å². The van der Waals surface area contributed by atoms with Gasteiger partial charge in [0.1, 0.15) is 6.10 Å². The lowest BCUT2D eigenvalue weighted by molar-refractivity contribution is 0.138. The van der Waals surface area contributed by atoms with Crippen molar-refractivity contribution < 1.29 is 13.2 Å². The summed E-state index contributed by atoms with van der Waals surface area (Å²) < 4.78 is 35.3. The van der Waals surface area contributed by atoms with Gasteiger partial charge in [-0.05, 0) is 39.5 Å². The van der Waals surface area contributed by atoms with E-state index < -0.39 is 10.0 Å². The fraction of sp³-hybridized carbons (Fsp3) is 0.562. The Morgan fingerprint density at radius 1 is 1.20 bits per heavy atom. The Morgan fingerprint density at radius 2 is 1.96 bits per heavy atom. The summed E-state index contributed by atoms with van der Waals surface area (Å²) in [6, 6.07) is 0.0704. The molecule has 136 valence electrons. The Bertz CT molecular complexity index is 783. The Labute approximate surface area is 147 Å². The average molecular weight is 365 g/mol. The van der Waals surface area contributed by atoms with Gasteiger partial charge in [0.05, 0.1) is 12.5 Å². The lowest BCUT2D eigenvalue weighted by Gasteiger charge is -2.28. The van der Waals surface area contributed by atoms with Crippen LogP contribution in [0.1, 0.15) is 45.6 Å². The van der Waals surface area contributed by atoms with E-state index in [-0.39, 0.29) is 23.2 Å². The SMILES string of the molecule is CC(C)n1cnc(S(=O)(=O)NC2CCC(Oc3cnccn3)CC2)c1. The summed E-state index contributed by atoms with van der Waals surface area (Å²) in [4.78, 5) is 12.1. The molecule has 1 aliphatic rings. The predicted molar refractivity (Wildman–Crippen MR) is 91.6 cm³/mol. The molecule has 0 atom stereocenters. The summed E-state index contributed by atoms with van der Waals surface area (Å²) in [6.45, 7) is 3.95. The van der Waals surface area contributed by atoms with Crippen LogP contribution in [0.4, 0.5) is 0 Å². The highest BCUT2D eigenvalue weighted by Gasteiger charge is 2.28. The van der Waals surface area contributed by atoms with Gasteiger partial charge in [-0.1, -0.05) is 0 Å². The van der Waals surface area contributed by atoms with Crippen LogP contribution in [0.2, 0.25) is 0 Å². The normalized spacial score (nSPS) is 21.4. The Morgan fingerprint density at radius 3 is 2.56 bits per heavy atom. The number of rotatable bonds is 6. The molecule has 3 rings (SSSR count). The number of hydrogen-bond donors (Lipinski definition) is 1. The second-order valence-electron chi connectivity index (χ2n) is 6.51. The first kappa shape index (κ1) is 17.8. The molecular weight excluding hydrogens is 342 g/mol. The number of nitrogens with one attached hydrogen (secondary N) is 1. The maximum absolute atomic E-state index is 12.5. The first-order valence-corrected chi connectivity index (χ1v) is 9.91. The minimum Gasteiger partial charge on any atom is -0.473 e. The van der Waals surface area contributed by atoms with Crippen molar-refractivity contribution in [2.45, 2.75) is 62.7 Å². The summed E-state index contributed by atoms with van der Waals surface area (Å²) >= 11 is 0. The third kappa shape index (κ3) is 4.55. The van der Waals surface area contributed by atoms with Crippen molar-refractivity contribution in [2.75, 3.05) is 0 Å². The lowest BCUT2D eigenvalue weighted by Crippen LogP contribution is -2.39. The summed E-state index contributed by atoms with van der Waals surface area (Å²) in [7, 11) is -3.59. The quantitative estimate of drug-likeness (QED) is 0.840. The van der Waals surface area contributed by atoms with Gasteiger partial charge < -0.3 is 9.30 Å². The summed E-state index contributed by atoms with van der Waals surface area (Å²) in [5.41, 5.74) is 0. The van der Waals surface area contributed by atoms with E-state index in [1.54, 1.807) is 35.7 Å². The summed E-state index contributed by atoms with van der Waals surface area (Å²) in [5.74, 6) is 0.505. The van der Waals surface area contributed by atoms with Gasteiger partial charge in [-0.3, -0.25) is 4.98 Å². The molecule has 0 bridgehead atoms. The standard InChI is InChI=1S/C16H23N5O3S/c1-12(2)21-10-16(19-11-21)25(22,23)20-13-3-5-14(6-4-13)24-15-9-17-7-8-18-15/h7-14,20H,3-6H2,1-2H3. The molecule has 0 radical (unpaired) electrons. The van der Waals surface area contributed by atoms with Crippen molar-refractivity contribution in [3.8, 4) is 5.88 Å². The van der Waals surface area contributed by atoms with Crippen molar-refractivity contribution in [3.05, 3.63) is 31.1 Å². The van der Waals surface area contributed by atoms with Gasteiger partial charge in [-0.15, -0.1) is 0 Å². The Balaban J connectivity index is 1.54. The number of imidazole rings is 1. The molecule has 8 nitrogen and oxygen atoms in total. The van der Waals surface area contributed by atoms with Crippen molar-refractivity contribution in [3.63, 3.8) is 0 Å². The van der Waals surface area contributed by atoms with E-state index in [9.17, 15) is 8.42 Å². The van der Waals surface area contributed by atoms with Gasteiger partial charge in [-0.25, -0.2) is 23.1 Å². The lowest BCUT2D eigenvalue weighted by atomic mass is 9.94. The molecule has 25 heavy (non-hydrogen) atoms. The molecule has 0 aliphatic heterocycles. The van der Waals surface area contributed by atoms with Crippen LogP contribution in [0.15, 0.2) is 36.1 Å². The zero-order valence-electron chi connectivity index (χ0n) is 14.4. The van der Waals surface area contributed by atoms with Crippen molar-refractivity contribution in [2.24, 2.45) is 0 Å². The third-order valence-corrected chi connectivity index (χ3v) is 5.68. The van der Waals surface area contributed by atoms with Crippen molar-refractivity contribution >= 4 is 10.0 Å². The molecule has 1 saturated carbocycles. The predicted octanol–water partition coefficient (Wildman–Crippen LogP) is 1.92. The highest BCUT2D eigenvalue weighted by Crippen LogP contribution is 2.23. The minimum absolute atomic E-state index is 0.0394. The van der Waals surface area contributed by atoms with Gasteiger partial charge in [0.15, 0.2) is 5.03 Å². The zero-order chi connectivity index (χ0) is 17.9. The van der Waals surface area contributed by atoms with Crippen LogP contribution in [0.25, 0.3) is 0 Å². The molecule has 0 saturated heterocycles. The summed E-state index contributed by atoms with van der Waals surface area (Å²) in [5, 5.41) is 0.0686. The van der Waals surface area contributed by atoms with E-state index in [2.05, 4.69) is 19.7 Å². The molecule has 9 heteroatoms. The third-order valence-electron chi connectivity index (χ3n) is 4.27. The molecule has 0 amide bonds. The number of hydrogen-bond acceptors (Lipinski definition) is 6. The smallest absolute Gasteiger partial charge is 0.259 e. The largest absolute Gasteiger partial charge is 0.473 e. The van der Waals surface area contributed by atoms with Crippen LogP contribution < -0.4 is 9.46 Å². The van der Waals surface area contributed by atoms with Crippen LogP contribution >= 0.6 is 0 Å². The molecule has 0 aromatic carbocycles. The van der Waals surface area contributed by atoms with E-state index in [4.69, 9.17) is 4.74 Å². The summed E-state index contributed by atoms with van der Waals surface area (Å²) in [6.07, 6.45) is 10.9. The van der Waals surface area contributed by atoms with Gasteiger partial charge in [0, 0.05) is 30.7 Å². The number of nitrogens with zero attached hydrogens (tertiary/aromatic N) is 4. The maximum Gasteiger partial charge on any atom is 0.259 e. The molecular formula is C16H23N5O3S. The fourth-order valence-corrected chi connectivity index (χ4v) is 4.08. The van der Waals surface area contributed by atoms with Crippen molar-refractivity contribution in [1.29, 1.82) is 0 Å². The van der Waals surface area contributed by atoms with Gasteiger partial charge >= 0.3 is 0 Å². The van der Waals surface area contributed by atoms with Crippen LogP contribution in [-0.4, -0.2) is 40.1 Å². The van der Waals surface area contributed by atoms with Crippen LogP contribution in [0.5, 0.6) is 5.88 Å². The van der Waals surface area contributed by atoms with E-state index in [1.165, 1.54) is 0 Å². The molecule has 1 N–H and O–H groups in total. The molecule has 2 heterocycles. The molecule has 0 spiro atoms. The topological polar surface area (TPSA) is 99.0 Å².